The molecule has 0 bridgehead atoms. The van der Waals surface area contributed by atoms with Gasteiger partial charge in [-0.15, -0.1) is 0 Å². The molecular weight excluding hydrogens is 259 g/mol. The minimum absolute atomic E-state index is 0.116. The molecule has 20 heavy (non-hydrogen) atoms. The van der Waals surface area contributed by atoms with E-state index < -0.39 is 0 Å². The number of allylic oxidation sites excluding steroid dienone is 4. The molecule has 1 aliphatic rings. The maximum Gasteiger partial charge on any atom is -0.00328 e. The lowest BCUT2D eigenvalue weighted by atomic mass is 10.2. The topological polar surface area (TPSA) is 0 Å². The molecule has 0 saturated heterocycles. The molecule has 0 heterocycles. The molecular formula is C19H19P. The molecule has 0 saturated carbocycles. The SMILES string of the molecule is C1=CCC(P(Cc2ccccc2)Cc2ccccc2)=C1. The molecule has 0 nitrogen and oxygen atoms in total. The lowest BCUT2D eigenvalue weighted by molar-refractivity contribution is 1.29. The second-order valence-corrected chi connectivity index (χ2v) is 7.40. The van der Waals surface area contributed by atoms with Crippen molar-refractivity contribution in [3.8, 4) is 0 Å². The van der Waals surface area contributed by atoms with Crippen molar-refractivity contribution in [3.63, 3.8) is 0 Å². The number of hydrogen-bond acceptors (Lipinski definition) is 0. The van der Waals surface area contributed by atoms with Gasteiger partial charge in [0, 0.05) is 0 Å². The monoisotopic (exact) mass is 278 g/mol. The Balaban J connectivity index is 1.77. The summed E-state index contributed by atoms with van der Waals surface area (Å²) in [5.74, 6) is 0. The van der Waals surface area contributed by atoms with Crippen molar-refractivity contribution in [1.29, 1.82) is 0 Å². The van der Waals surface area contributed by atoms with Crippen LogP contribution in [0.2, 0.25) is 0 Å². The maximum atomic E-state index is 2.33. The predicted molar refractivity (Wildman–Crippen MR) is 89.1 cm³/mol. The highest BCUT2D eigenvalue weighted by Crippen LogP contribution is 2.53. The van der Waals surface area contributed by atoms with Crippen LogP contribution in [0.4, 0.5) is 0 Å². The van der Waals surface area contributed by atoms with Crippen molar-refractivity contribution in [2.24, 2.45) is 0 Å². The van der Waals surface area contributed by atoms with Crippen molar-refractivity contribution in [3.05, 3.63) is 95.3 Å². The molecule has 0 N–H and O–H groups in total. The van der Waals surface area contributed by atoms with Gasteiger partial charge in [-0.3, -0.25) is 0 Å². The Kier molecular flexibility index (Phi) is 4.46. The van der Waals surface area contributed by atoms with Gasteiger partial charge in [0.1, 0.15) is 0 Å². The number of hydrogen-bond donors (Lipinski definition) is 0. The quantitative estimate of drug-likeness (QED) is 0.614. The zero-order valence-corrected chi connectivity index (χ0v) is 12.5. The van der Waals surface area contributed by atoms with E-state index in [0.717, 1.165) is 6.42 Å². The molecule has 2 aromatic rings. The molecule has 3 rings (SSSR count). The summed E-state index contributed by atoms with van der Waals surface area (Å²) in [4.78, 5) is 0. The van der Waals surface area contributed by atoms with Crippen LogP contribution in [0.3, 0.4) is 0 Å². The number of benzene rings is 2. The van der Waals surface area contributed by atoms with Crippen LogP contribution >= 0.6 is 7.92 Å². The lowest BCUT2D eigenvalue weighted by Crippen LogP contribution is -1.91. The molecule has 100 valence electrons. The van der Waals surface area contributed by atoms with Crippen molar-refractivity contribution in [2.75, 3.05) is 0 Å². The molecule has 0 unspecified atom stereocenters. The normalized spacial score (nSPS) is 13.8. The second-order valence-electron chi connectivity index (χ2n) is 5.12. The van der Waals surface area contributed by atoms with Crippen molar-refractivity contribution < 1.29 is 0 Å². The van der Waals surface area contributed by atoms with Crippen LogP contribution in [0.25, 0.3) is 0 Å². The first-order valence-corrected chi connectivity index (χ1v) is 8.81. The van der Waals surface area contributed by atoms with E-state index in [2.05, 4.69) is 78.9 Å². The van der Waals surface area contributed by atoms with Gasteiger partial charge in [-0.25, -0.2) is 0 Å². The first-order chi connectivity index (χ1) is 9.92. The molecule has 0 fully saturated rings. The third-order valence-corrected chi connectivity index (χ3v) is 6.23. The Morgan fingerprint density at radius 2 is 1.30 bits per heavy atom. The Morgan fingerprint density at radius 1 is 0.750 bits per heavy atom. The Bertz CT molecular complexity index is 555. The fourth-order valence-corrected chi connectivity index (χ4v) is 5.02. The highest BCUT2D eigenvalue weighted by Gasteiger charge is 2.15. The Labute approximate surface area is 122 Å². The van der Waals surface area contributed by atoms with Gasteiger partial charge in [-0.2, -0.15) is 0 Å². The predicted octanol–water partition coefficient (Wildman–Crippen LogP) is 5.71. The molecule has 1 heteroatoms. The fraction of sp³-hybridized carbons (Fsp3) is 0.158. The summed E-state index contributed by atoms with van der Waals surface area (Å²) < 4.78 is 0. The summed E-state index contributed by atoms with van der Waals surface area (Å²) in [5, 5.41) is 1.63. The van der Waals surface area contributed by atoms with E-state index in [4.69, 9.17) is 0 Å². The van der Waals surface area contributed by atoms with Crippen LogP contribution in [-0.4, -0.2) is 0 Å². The first kappa shape index (κ1) is 13.3. The summed E-state index contributed by atoms with van der Waals surface area (Å²) in [6.45, 7) is 0. The molecule has 0 amide bonds. The van der Waals surface area contributed by atoms with Crippen molar-refractivity contribution in [1.82, 2.24) is 0 Å². The van der Waals surface area contributed by atoms with Crippen molar-refractivity contribution in [2.45, 2.75) is 18.7 Å². The summed E-state index contributed by atoms with van der Waals surface area (Å²) >= 11 is 0. The Hall–Kier alpha value is -1.65. The average Bonchev–Trinajstić information content (AvgIpc) is 3.03. The van der Waals surface area contributed by atoms with Gasteiger partial charge in [0.2, 0.25) is 0 Å². The van der Waals surface area contributed by atoms with E-state index in [1.54, 1.807) is 5.31 Å². The van der Waals surface area contributed by atoms with E-state index in [1.807, 2.05) is 0 Å². The van der Waals surface area contributed by atoms with E-state index in [9.17, 15) is 0 Å². The third kappa shape index (κ3) is 3.46. The van der Waals surface area contributed by atoms with Gasteiger partial charge >= 0.3 is 0 Å². The van der Waals surface area contributed by atoms with Crippen molar-refractivity contribution >= 4 is 7.92 Å². The van der Waals surface area contributed by atoms with Crippen LogP contribution in [0.5, 0.6) is 0 Å². The third-order valence-electron chi connectivity index (χ3n) is 3.59. The first-order valence-electron chi connectivity index (χ1n) is 7.10. The van der Waals surface area contributed by atoms with Crippen LogP contribution < -0.4 is 0 Å². The van der Waals surface area contributed by atoms with Gasteiger partial charge in [0.25, 0.3) is 0 Å². The minimum atomic E-state index is -0.116. The van der Waals surface area contributed by atoms with Gasteiger partial charge in [0.15, 0.2) is 0 Å². The average molecular weight is 278 g/mol. The highest BCUT2D eigenvalue weighted by molar-refractivity contribution is 7.60. The molecule has 0 aliphatic heterocycles. The van der Waals surface area contributed by atoms with E-state index in [1.165, 1.54) is 23.5 Å². The zero-order valence-electron chi connectivity index (χ0n) is 11.6. The van der Waals surface area contributed by atoms with Crippen LogP contribution in [0.15, 0.2) is 84.2 Å². The summed E-state index contributed by atoms with van der Waals surface area (Å²) in [6, 6.07) is 21.8. The van der Waals surface area contributed by atoms with E-state index >= 15 is 0 Å². The Morgan fingerprint density at radius 3 is 1.75 bits per heavy atom. The molecule has 0 spiro atoms. The molecule has 1 aliphatic carbocycles. The summed E-state index contributed by atoms with van der Waals surface area (Å²) in [7, 11) is -0.116. The van der Waals surface area contributed by atoms with Gasteiger partial charge in [-0.1, -0.05) is 86.8 Å². The smallest absolute Gasteiger partial charge is 0.00328 e. The van der Waals surface area contributed by atoms with E-state index in [0.29, 0.717) is 0 Å². The lowest BCUT2D eigenvalue weighted by Gasteiger charge is -2.19. The zero-order chi connectivity index (χ0) is 13.6. The molecule has 0 radical (unpaired) electrons. The summed E-state index contributed by atoms with van der Waals surface area (Å²) in [6.07, 6.45) is 10.3. The fourth-order valence-electron chi connectivity index (χ4n) is 2.54. The molecule has 0 atom stereocenters. The van der Waals surface area contributed by atoms with Crippen LogP contribution in [0.1, 0.15) is 17.5 Å². The van der Waals surface area contributed by atoms with E-state index in [-0.39, 0.29) is 7.92 Å². The second kappa shape index (κ2) is 6.68. The summed E-state index contributed by atoms with van der Waals surface area (Å²) in [5.41, 5.74) is 2.92. The van der Waals surface area contributed by atoms with Crippen LogP contribution in [-0.2, 0) is 12.3 Å². The van der Waals surface area contributed by atoms with Gasteiger partial charge in [0.05, 0.1) is 0 Å². The standard InChI is InChI=1S/C19H19P/c1-3-9-17(10-4-1)15-20(19-13-7-8-14-19)16-18-11-5-2-6-12-18/h1-13H,14-16H2. The maximum absolute atomic E-state index is 2.33. The van der Waals surface area contributed by atoms with Gasteiger partial charge < -0.3 is 0 Å². The largest absolute Gasteiger partial charge is 0.0801 e. The van der Waals surface area contributed by atoms with Gasteiger partial charge in [-0.05, 0) is 35.2 Å². The molecule has 0 aromatic heterocycles. The van der Waals surface area contributed by atoms with Crippen LogP contribution in [0, 0.1) is 0 Å². The highest BCUT2D eigenvalue weighted by atomic mass is 31.1. The minimum Gasteiger partial charge on any atom is -0.0801 e. The molecule has 2 aromatic carbocycles. The number of rotatable bonds is 5.